The Labute approximate surface area is 101 Å². The van der Waals surface area contributed by atoms with Gasteiger partial charge < -0.3 is 10.1 Å². The van der Waals surface area contributed by atoms with Gasteiger partial charge in [-0.2, -0.15) is 0 Å². The maximum absolute atomic E-state index is 5.54. The molecule has 0 spiro atoms. The lowest BCUT2D eigenvalue weighted by Crippen LogP contribution is -2.51. The summed E-state index contributed by atoms with van der Waals surface area (Å²) in [6.07, 6.45) is 2.43. The maximum atomic E-state index is 5.54. The number of nitrogens with one attached hydrogen (secondary N) is 1. The van der Waals surface area contributed by atoms with Crippen LogP contribution in [-0.2, 0) is 4.74 Å². The van der Waals surface area contributed by atoms with Crippen molar-refractivity contribution in [1.82, 2.24) is 10.2 Å². The second kappa shape index (κ2) is 7.25. The number of ether oxygens (including phenoxy) is 1. The van der Waals surface area contributed by atoms with Crippen molar-refractivity contribution in [3.05, 3.63) is 0 Å². The Kier molecular flexibility index (Phi) is 6.32. The Morgan fingerprint density at radius 3 is 2.75 bits per heavy atom. The summed E-state index contributed by atoms with van der Waals surface area (Å²) >= 11 is 0. The molecule has 3 heteroatoms. The van der Waals surface area contributed by atoms with Crippen molar-refractivity contribution in [2.75, 3.05) is 33.4 Å². The average molecular weight is 228 g/mol. The van der Waals surface area contributed by atoms with Crippen LogP contribution in [0.3, 0.4) is 0 Å². The zero-order valence-corrected chi connectivity index (χ0v) is 11.3. The van der Waals surface area contributed by atoms with Crippen molar-refractivity contribution in [2.45, 2.75) is 45.7 Å². The molecule has 0 radical (unpaired) electrons. The minimum absolute atomic E-state index is 0.608. The zero-order chi connectivity index (χ0) is 12.0. The van der Waals surface area contributed by atoms with Gasteiger partial charge in [0.05, 0.1) is 13.2 Å². The molecule has 1 aliphatic rings. The molecular formula is C13H28N2O. The molecule has 1 saturated heterocycles. The fourth-order valence-corrected chi connectivity index (χ4v) is 2.40. The first-order chi connectivity index (χ1) is 7.72. The van der Waals surface area contributed by atoms with Crippen LogP contribution in [0.4, 0.5) is 0 Å². The number of likely N-dealkylation sites (N-methyl/N-ethyl adjacent to an activating group) is 1. The lowest BCUT2D eigenvalue weighted by Gasteiger charge is -2.38. The number of hydrogen-bond acceptors (Lipinski definition) is 3. The van der Waals surface area contributed by atoms with E-state index in [4.69, 9.17) is 4.74 Å². The quantitative estimate of drug-likeness (QED) is 0.749. The largest absolute Gasteiger partial charge is 0.378 e. The van der Waals surface area contributed by atoms with E-state index in [2.05, 4.69) is 38.0 Å². The van der Waals surface area contributed by atoms with Crippen molar-refractivity contribution >= 4 is 0 Å². The molecule has 1 fully saturated rings. The lowest BCUT2D eigenvalue weighted by atomic mass is 9.98. The van der Waals surface area contributed by atoms with E-state index < -0.39 is 0 Å². The third-order valence-corrected chi connectivity index (χ3v) is 3.95. The van der Waals surface area contributed by atoms with E-state index in [0.29, 0.717) is 12.1 Å². The highest BCUT2D eigenvalue weighted by atomic mass is 16.5. The third kappa shape index (κ3) is 3.72. The standard InChI is InChI=1S/C13H28N2O/c1-5-11(3)13(14-4)9-15-7-8-16-10-12(15)6-2/h11-14H,5-10H2,1-4H3. The normalized spacial score (nSPS) is 26.6. The van der Waals surface area contributed by atoms with Crippen LogP contribution in [0.25, 0.3) is 0 Å². The summed E-state index contributed by atoms with van der Waals surface area (Å²) in [6, 6.07) is 1.23. The predicted molar refractivity (Wildman–Crippen MR) is 68.8 cm³/mol. The van der Waals surface area contributed by atoms with Crippen LogP contribution < -0.4 is 5.32 Å². The first-order valence-corrected chi connectivity index (χ1v) is 6.71. The molecule has 3 nitrogen and oxygen atoms in total. The molecule has 3 unspecified atom stereocenters. The van der Waals surface area contributed by atoms with Gasteiger partial charge in [-0.3, -0.25) is 4.90 Å². The minimum atomic E-state index is 0.608. The number of nitrogens with zero attached hydrogens (tertiary/aromatic N) is 1. The monoisotopic (exact) mass is 228 g/mol. The summed E-state index contributed by atoms with van der Waals surface area (Å²) in [6.45, 7) is 10.9. The Bertz CT molecular complexity index is 187. The van der Waals surface area contributed by atoms with Gasteiger partial charge >= 0.3 is 0 Å². The van der Waals surface area contributed by atoms with Gasteiger partial charge in [0, 0.05) is 25.2 Å². The fraction of sp³-hybridized carbons (Fsp3) is 1.00. The van der Waals surface area contributed by atoms with E-state index in [9.17, 15) is 0 Å². The highest BCUT2D eigenvalue weighted by molar-refractivity contribution is 4.81. The molecule has 0 amide bonds. The zero-order valence-electron chi connectivity index (χ0n) is 11.3. The smallest absolute Gasteiger partial charge is 0.0622 e. The number of rotatable bonds is 6. The van der Waals surface area contributed by atoms with Crippen LogP contribution in [-0.4, -0.2) is 50.3 Å². The van der Waals surface area contributed by atoms with Crippen LogP contribution in [0.1, 0.15) is 33.6 Å². The Hall–Kier alpha value is -0.120. The molecule has 0 aliphatic carbocycles. The molecule has 96 valence electrons. The third-order valence-electron chi connectivity index (χ3n) is 3.95. The van der Waals surface area contributed by atoms with Gasteiger partial charge in [-0.05, 0) is 19.4 Å². The van der Waals surface area contributed by atoms with E-state index >= 15 is 0 Å². The van der Waals surface area contributed by atoms with E-state index in [-0.39, 0.29) is 0 Å². The maximum Gasteiger partial charge on any atom is 0.0622 e. The minimum Gasteiger partial charge on any atom is -0.378 e. The summed E-state index contributed by atoms with van der Waals surface area (Å²) < 4.78 is 5.54. The molecule has 0 bridgehead atoms. The van der Waals surface area contributed by atoms with Crippen LogP contribution in [0, 0.1) is 5.92 Å². The Morgan fingerprint density at radius 2 is 2.19 bits per heavy atom. The second-order valence-electron chi connectivity index (χ2n) is 4.91. The van der Waals surface area contributed by atoms with E-state index in [0.717, 1.165) is 32.2 Å². The first-order valence-electron chi connectivity index (χ1n) is 6.71. The predicted octanol–water partition coefficient (Wildman–Crippen LogP) is 1.73. The molecule has 0 aromatic carbocycles. The van der Waals surface area contributed by atoms with E-state index in [1.54, 1.807) is 0 Å². The van der Waals surface area contributed by atoms with Crippen LogP contribution >= 0.6 is 0 Å². The fourth-order valence-electron chi connectivity index (χ4n) is 2.40. The summed E-state index contributed by atoms with van der Waals surface area (Å²) in [5, 5.41) is 3.46. The van der Waals surface area contributed by atoms with Gasteiger partial charge in [-0.1, -0.05) is 27.2 Å². The van der Waals surface area contributed by atoms with Crippen molar-refractivity contribution in [1.29, 1.82) is 0 Å². The van der Waals surface area contributed by atoms with Crippen LogP contribution in [0.2, 0.25) is 0 Å². The van der Waals surface area contributed by atoms with Gasteiger partial charge in [-0.25, -0.2) is 0 Å². The van der Waals surface area contributed by atoms with Gasteiger partial charge in [-0.15, -0.1) is 0 Å². The highest BCUT2D eigenvalue weighted by Crippen LogP contribution is 2.14. The van der Waals surface area contributed by atoms with Crippen LogP contribution in [0.15, 0.2) is 0 Å². The Balaban J connectivity index is 2.48. The number of hydrogen-bond donors (Lipinski definition) is 1. The Morgan fingerprint density at radius 1 is 1.44 bits per heavy atom. The molecule has 0 aromatic rings. The molecule has 1 rings (SSSR count). The molecular weight excluding hydrogens is 200 g/mol. The van der Waals surface area contributed by atoms with Gasteiger partial charge in [0.25, 0.3) is 0 Å². The summed E-state index contributed by atoms with van der Waals surface area (Å²) in [7, 11) is 2.08. The summed E-state index contributed by atoms with van der Waals surface area (Å²) in [5.41, 5.74) is 0. The second-order valence-corrected chi connectivity index (χ2v) is 4.91. The molecule has 3 atom stereocenters. The molecule has 16 heavy (non-hydrogen) atoms. The van der Waals surface area contributed by atoms with E-state index in [1.807, 2.05) is 0 Å². The molecule has 1 N–H and O–H groups in total. The molecule has 1 heterocycles. The van der Waals surface area contributed by atoms with Crippen molar-refractivity contribution in [3.63, 3.8) is 0 Å². The van der Waals surface area contributed by atoms with Crippen molar-refractivity contribution in [2.24, 2.45) is 5.92 Å². The summed E-state index contributed by atoms with van der Waals surface area (Å²) in [5.74, 6) is 0.741. The average Bonchev–Trinajstić information content (AvgIpc) is 2.35. The van der Waals surface area contributed by atoms with Crippen molar-refractivity contribution in [3.8, 4) is 0 Å². The topological polar surface area (TPSA) is 24.5 Å². The molecule has 1 aliphatic heterocycles. The number of morpholine rings is 1. The highest BCUT2D eigenvalue weighted by Gasteiger charge is 2.25. The van der Waals surface area contributed by atoms with Gasteiger partial charge in [0.1, 0.15) is 0 Å². The summed E-state index contributed by atoms with van der Waals surface area (Å²) in [4.78, 5) is 2.59. The molecule has 0 saturated carbocycles. The van der Waals surface area contributed by atoms with Crippen LogP contribution in [0.5, 0.6) is 0 Å². The lowest BCUT2D eigenvalue weighted by molar-refractivity contribution is -0.0148. The first kappa shape index (κ1) is 13.9. The van der Waals surface area contributed by atoms with Gasteiger partial charge in [0.2, 0.25) is 0 Å². The van der Waals surface area contributed by atoms with E-state index in [1.165, 1.54) is 12.8 Å². The van der Waals surface area contributed by atoms with Gasteiger partial charge in [0.15, 0.2) is 0 Å². The molecule has 0 aromatic heterocycles. The van der Waals surface area contributed by atoms with Crippen molar-refractivity contribution < 1.29 is 4.74 Å². The SMILES string of the molecule is CCC(C)C(CN1CCOCC1CC)NC.